The molecular weight excluding hydrogens is 242 g/mol. The Morgan fingerprint density at radius 3 is 2.88 bits per heavy atom. The molecule has 3 unspecified atom stereocenters. The molecule has 0 aliphatic carbocycles. The SMILES string of the molecule is CC1CN(C(=O)C2CCCCO2)CC(CCl)O1. The molecule has 0 radical (unpaired) electrons. The van der Waals surface area contributed by atoms with Crippen molar-refractivity contribution in [2.24, 2.45) is 0 Å². The van der Waals surface area contributed by atoms with Crippen molar-refractivity contribution in [2.45, 2.75) is 44.5 Å². The van der Waals surface area contributed by atoms with Crippen molar-refractivity contribution in [1.82, 2.24) is 4.90 Å². The molecule has 0 aromatic rings. The van der Waals surface area contributed by atoms with E-state index in [1.807, 2.05) is 11.8 Å². The molecule has 3 atom stereocenters. The van der Waals surface area contributed by atoms with Crippen molar-refractivity contribution < 1.29 is 14.3 Å². The fourth-order valence-corrected chi connectivity index (χ4v) is 2.62. The van der Waals surface area contributed by atoms with Gasteiger partial charge in [0, 0.05) is 19.7 Å². The zero-order chi connectivity index (χ0) is 12.3. The van der Waals surface area contributed by atoms with Crippen LogP contribution in [0, 0.1) is 0 Å². The lowest BCUT2D eigenvalue weighted by atomic mass is 10.1. The molecule has 2 heterocycles. The molecule has 0 spiro atoms. The molecule has 2 aliphatic rings. The fraction of sp³-hybridized carbons (Fsp3) is 0.917. The molecule has 2 fully saturated rings. The normalized spacial score (nSPS) is 34.7. The fourth-order valence-electron chi connectivity index (χ4n) is 2.45. The van der Waals surface area contributed by atoms with Gasteiger partial charge in [0.15, 0.2) is 0 Å². The number of morpholine rings is 1. The van der Waals surface area contributed by atoms with Crippen molar-refractivity contribution in [3.8, 4) is 0 Å². The molecule has 98 valence electrons. The molecule has 1 amide bonds. The van der Waals surface area contributed by atoms with Crippen LogP contribution in [0.25, 0.3) is 0 Å². The number of hydrogen-bond donors (Lipinski definition) is 0. The average molecular weight is 262 g/mol. The number of ether oxygens (including phenoxy) is 2. The summed E-state index contributed by atoms with van der Waals surface area (Å²) in [5.41, 5.74) is 0. The van der Waals surface area contributed by atoms with Crippen LogP contribution < -0.4 is 0 Å². The molecule has 2 aliphatic heterocycles. The van der Waals surface area contributed by atoms with E-state index in [1.165, 1.54) is 0 Å². The molecule has 2 saturated heterocycles. The molecule has 4 nitrogen and oxygen atoms in total. The molecular formula is C12H20ClNO3. The highest BCUT2D eigenvalue weighted by molar-refractivity contribution is 6.18. The Morgan fingerprint density at radius 1 is 1.41 bits per heavy atom. The number of nitrogens with zero attached hydrogens (tertiary/aromatic N) is 1. The van der Waals surface area contributed by atoms with Gasteiger partial charge in [-0.15, -0.1) is 11.6 Å². The number of carbonyl (C=O) groups excluding carboxylic acids is 1. The first-order chi connectivity index (χ1) is 8.20. The summed E-state index contributed by atoms with van der Waals surface area (Å²) in [4.78, 5) is 14.1. The Hall–Kier alpha value is -0.320. The Kier molecular flexibility index (Phi) is 4.65. The first kappa shape index (κ1) is 13.1. The van der Waals surface area contributed by atoms with E-state index in [9.17, 15) is 4.79 Å². The highest BCUT2D eigenvalue weighted by Crippen LogP contribution is 2.19. The van der Waals surface area contributed by atoms with Gasteiger partial charge in [-0.25, -0.2) is 0 Å². The number of amides is 1. The lowest BCUT2D eigenvalue weighted by molar-refractivity contribution is -0.157. The van der Waals surface area contributed by atoms with Gasteiger partial charge in [-0.1, -0.05) is 0 Å². The van der Waals surface area contributed by atoms with E-state index in [2.05, 4.69) is 0 Å². The van der Waals surface area contributed by atoms with E-state index in [4.69, 9.17) is 21.1 Å². The second-order valence-corrected chi connectivity index (χ2v) is 5.13. The van der Waals surface area contributed by atoms with Gasteiger partial charge in [0.05, 0.1) is 18.1 Å². The lowest BCUT2D eigenvalue weighted by Gasteiger charge is -2.38. The largest absolute Gasteiger partial charge is 0.370 e. The van der Waals surface area contributed by atoms with Crippen molar-refractivity contribution >= 4 is 17.5 Å². The zero-order valence-corrected chi connectivity index (χ0v) is 11.0. The van der Waals surface area contributed by atoms with E-state index in [1.54, 1.807) is 0 Å². The van der Waals surface area contributed by atoms with Crippen molar-refractivity contribution in [3.05, 3.63) is 0 Å². The summed E-state index contributed by atoms with van der Waals surface area (Å²) in [5, 5.41) is 0. The predicted molar refractivity (Wildman–Crippen MR) is 65.2 cm³/mol. The summed E-state index contributed by atoms with van der Waals surface area (Å²) < 4.78 is 11.2. The summed E-state index contributed by atoms with van der Waals surface area (Å²) >= 11 is 5.81. The molecule has 17 heavy (non-hydrogen) atoms. The van der Waals surface area contributed by atoms with E-state index < -0.39 is 0 Å². The van der Waals surface area contributed by atoms with Crippen LogP contribution in [0.5, 0.6) is 0 Å². The summed E-state index contributed by atoms with van der Waals surface area (Å²) in [7, 11) is 0. The maximum Gasteiger partial charge on any atom is 0.251 e. The standard InChI is InChI=1S/C12H20ClNO3/c1-9-7-14(8-10(6-13)17-9)12(15)11-4-2-3-5-16-11/h9-11H,2-8H2,1H3. The van der Waals surface area contributed by atoms with Crippen molar-refractivity contribution in [3.63, 3.8) is 0 Å². The van der Waals surface area contributed by atoms with Gasteiger partial charge in [0.2, 0.25) is 0 Å². The summed E-state index contributed by atoms with van der Waals surface area (Å²) in [6.07, 6.45) is 2.75. The highest BCUT2D eigenvalue weighted by Gasteiger charge is 2.32. The minimum Gasteiger partial charge on any atom is -0.370 e. The number of rotatable bonds is 2. The molecule has 5 heteroatoms. The van der Waals surface area contributed by atoms with Crippen LogP contribution in [0.15, 0.2) is 0 Å². The summed E-state index contributed by atoms with van der Waals surface area (Å²) in [6, 6.07) is 0. The van der Waals surface area contributed by atoms with Crippen molar-refractivity contribution in [2.75, 3.05) is 25.6 Å². The molecule has 0 aromatic carbocycles. The highest BCUT2D eigenvalue weighted by atomic mass is 35.5. The van der Waals surface area contributed by atoms with E-state index in [0.717, 1.165) is 19.3 Å². The third kappa shape index (κ3) is 3.33. The molecule has 0 bridgehead atoms. The van der Waals surface area contributed by atoms with Gasteiger partial charge < -0.3 is 14.4 Å². The summed E-state index contributed by atoms with van der Waals surface area (Å²) in [6.45, 7) is 3.91. The maximum atomic E-state index is 12.3. The van der Waals surface area contributed by atoms with Crippen LogP contribution in [-0.4, -0.2) is 54.7 Å². The van der Waals surface area contributed by atoms with Gasteiger partial charge in [-0.05, 0) is 26.2 Å². The third-order valence-corrected chi connectivity index (χ3v) is 3.61. The maximum absolute atomic E-state index is 12.3. The first-order valence-electron chi connectivity index (χ1n) is 6.32. The van der Waals surface area contributed by atoms with E-state index in [0.29, 0.717) is 25.6 Å². The Bertz CT molecular complexity index is 268. The quantitative estimate of drug-likeness (QED) is 0.706. The molecule has 2 rings (SSSR count). The Labute approximate surface area is 107 Å². The predicted octanol–water partition coefficient (Wildman–Crippen LogP) is 1.41. The molecule has 0 saturated carbocycles. The average Bonchev–Trinajstić information content (AvgIpc) is 2.38. The van der Waals surface area contributed by atoms with E-state index in [-0.39, 0.29) is 24.2 Å². The van der Waals surface area contributed by atoms with Crippen LogP contribution in [0.2, 0.25) is 0 Å². The number of halogens is 1. The number of hydrogen-bond acceptors (Lipinski definition) is 3. The Balaban J connectivity index is 1.93. The number of alkyl halides is 1. The van der Waals surface area contributed by atoms with Gasteiger partial charge in [-0.2, -0.15) is 0 Å². The molecule has 0 N–H and O–H groups in total. The van der Waals surface area contributed by atoms with Crippen LogP contribution in [0.1, 0.15) is 26.2 Å². The smallest absolute Gasteiger partial charge is 0.251 e. The zero-order valence-electron chi connectivity index (χ0n) is 10.2. The van der Waals surface area contributed by atoms with Gasteiger partial charge in [-0.3, -0.25) is 4.79 Å². The van der Waals surface area contributed by atoms with Crippen LogP contribution in [0.4, 0.5) is 0 Å². The third-order valence-electron chi connectivity index (χ3n) is 3.27. The van der Waals surface area contributed by atoms with Gasteiger partial charge in [0.25, 0.3) is 5.91 Å². The monoisotopic (exact) mass is 261 g/mol. The van der Waals surface area contributed by atoms with Crippen molar-refractivity contribution in [1.29, 1.82) is 0 Å². The van der Waals surface area contributed by atoms with E-state index >= 15 is 0 Å². The van der Waals surface area contributed by atoms with Crippen LogP contribution in [-0.2, 0) is 14.3 Å². The van der Waals surface area contributed by atoms with Crippen LogP contribution >= 0.6 is 11.6 Å². The Morgan fingerprint density at radius 2 is 2.24 bits per heavy atom. The number of carbonyl (C=O) groups is 1. The first-order valence-corrected chi connectivity index (χ1v) is 6.86. The summed E-state index contributed by atoms with van der Waals surface area (Å²) in [5.74, 6) is 0.537. The van der Waals surface area contributed by atoms with Gasteiger partial charge in [0.1, 0.15) is 6.10 Å². The second kappa shape index (κ2) is 6.03. The minimum absolute atomic E-state index is 0.0482. The lowest BCUT2D eigenvalue weighted by Crippen LogP contribution is -2.53. The molecule has 0 aromatic heterocycles. The van der Waals surface area contributed by atoms with Crippen LogP contribution in [0.3, 0.4) is 0 Å². The second-order valence-electron chi connectivity index (χ2n) is 4.82. The topological polar surface area (TPSA) is 38.8 Å². The van der Waals surface area contributed by atoms with Gasteiger partial charge >= 0.3 is 0 Å². The minimum atomic E-state index is -0.245.